The molecule has 0 saturated heterocycles. The van der Waals surface area contributed by atoms with E-state index in [4.69, 9.17) is 4.42 Å². The van der Waals surface area contributed by atoms with Crippen LogP contribution in [0.5, 0.6) is 0 Å². The molecule has 96 valence electrons. The predicted octanol–water partition coefficient (Wildman–Crippen LogP) is 4.95. The molecule has 0 fully saturated rings. The number of hydrogen-bond donors (Lipinski definition) is 1. The van der Waals surface area contributed by atoms with Crippen LogP contribution in [0.15, 0.2) is 57.4 Å². The molecule has 0 spiro atoms. The minimum atomic E-state index is -0.287. The van der Waals surface area contributed by atoms with Crippen molar-refractivity contribution in [2.24, 2.45) is 0 Å². The Bertz CT molecular complexity index is 670. The summed E-state index contributed by atoms with van der Waals surface area (Å²) in [6, 6.07) is 14.6. The van der Waals surface area contributed by atoms with Crippen molar-refractivity contribution in [1.82, 2.24) is 0 Å². The summed E-state index contributed by atoms with van der Waals surface area (Å²) in [6.07, 6.45) is 0. The molecule has 0 aliphatic carbocycles. The van der Waals surface area contributed by atoms with Crippen LogP contribution in [0.25, 0.3) is 11.0 Å². The number of nitrogens with one attached hydrogen (secondary N) is 1. The number of benzene rings is 2. The van der Waals surface area contributed by atoms with Gasteiger partial charge in [-0.05, 0) is 40.2 Å². The average Bonchev–Trinajstić information content (AvgIpc) is 2.81. The monoisotopic (exact) mass is 319 g/mol. The lowest BCUT2D eigenvalue weighted by Gasteiger charge is -2.07. The van der Waals surface area contributed by atoms with Crippen molar-refractivity contribution in [3.05, 3.63) is 64.6 Å². The number of hydrogen-bond acceptors (Lipinski definition) is 2. The Morgan fingerprint density at radius 2 is 1.95 bits per heavy atom. The fourth-order valence-corrected chi connectivity index (χ4v) is 2.45. The molecule has 0 saturated carbocycles. The summed E-state index contributed by atoms with van der Waals surface area (Å²) < 4.78 is 20.0. The highest BCUT2D eigenvalue weighted by Gasteiger charge is 2.08. The van der Waals surface area contributed by atoms with Crippen molar-refractivity contribution in [2.75, 3.05) is 5.32 Å². The van der Waals surface area contributed by atoms with E-state index in [1.807, 2.05) is 30.3 Å². The van der Waals surface area contributed by atoms with Gasteiger partial charge in [0.15, 0.2) is 0 Å². The molecule has 4 heteroatoms. The first kappa shape index (κ1) is 12.2. The van der Waals surface area contributed by atoms with Gasteiger partial charge < -0.3 is 9.73 Å². The molecular weight excluding hydrogens is 309 g/mol. The molecular formula is C15H11BrFNO. The number of para-hydroxylation sites is 2. The number of rotatable bonds is 3. The van der Waals surface area contributed by atoms with E-state index in [0.29, 0.717) is 16.7 Å². The molecule has 0 aliphatic heterocycles. The van der Waals surface area contributed by atoms with Gasteiger partial charge in [0.1, 0.15) is 17.2 Å². The minimum Gasteiger partial charge on any atom is -0.459 e. The van der Waals surface area contributed by atoms with Gasteiger partial charge in [-0.3, -0.25) is 0 Å². The molecule has 1 N–H and O–H groups in total. The van der Waals surface area contributed by atoms with E-state index in [2.05, 4.69) is 21.2 Å². The van der Waals surface area contributed by atoms with Gasteiger partial charge >= 0.3 is 0 Å². The Labute approximate surface area is 118 Å². The lowest BCUT2D eigenvalue weighted by atomic mass is 10.2. The van der Waals surface area contributed by atoms with Crippen LogP contribution in [-0.4, -0.2) is 0 Å². The summed E-state index contributed by atoms with van der Waals surface area (Å²) in [5.41, 5.74) is 1.29. The number of anilines is 1. The van der Waals surface area contributed by atoms with Gasteiger partial charge in [-0.15, -0.1) is 0 Å². The molecule has 0 bridgehead atoms. The third-order valence-corrected chi connectivity index (χ3v) is 3.54. The molecule has 1 heterocycles. The maximum atomic E-state index is 13.6. The highest BCUT2D eigenvalue weighted by atomic mass is 79.9. The lowest BCUT2D eigenvalue weighted by molar-refractivity contribution is 0.557. The van der Waals surface area contributed by atoms with Crippen molar-refractivity contribution in [2.45, 2.75) is 6.54 Å². The second kappa shape index (κ2) is 5.05. The van der Waals surface area contributed by atoms with Crippen molar-refractivity contribution >= 4 is 32.6 Å². The first-order valence-corrected chi connectivity index (χ1v) is 6.69. The van der Waals surface area contributed by atoms with Crippen molar-refractivity contribution in [3.63, 3.8) is 0 Å². The Balaban J connectivity index is 1.82. The summed E-state index contributed by atoms with van der Waals surface area (Å²) in [6.45, 7) is 0.439. The molecule has 19 heavy (non-hydrogen) atoms. The molecule has 0 radical (unpaired) electrons. The van der Waals surface area contributed by atoms with Crippen LogP contribution in [-0.2, 0) is 6.54 Å². The molecule has 1 aromatic heterocycles. The summed E-state index contributed by atoms with van der Waals surface area (Å²) in [7, 11) is 0. The predicted molar refractivity (Wildman–Crippen MR) is 77.6 cm³/mol. The second-order valence-corrected chi connectivity index (χ2v) is 5.06. The fourth-order valence-electron chi connectivity index (χ4n) is 1.97. The number of fused-ring (bicyclic) bond motifs is 1. The molecule has 0 amide bonds. The summed E-state index contributed by atoms with van der Waals surface area (Å²) in [5, 5.41) is 4.09. The molecule has 3 aromatic rings. The fraction of sp³-hybridized carbons (Fsp3) is 0.0667. The lowest BCUT2D eigenvalue weighted by Crippen LogP contribution is -2.01. The van der Waals surface area contributed by atoms with E-state index in [9.17, 15) is 4.39 Å². The van der Waals surface area contributed by atoms with E-state index in [-0.39, 0.29) is 5.82 Å². The third kappa shape index (κ3) is 2.49. The highest BCUT2D eigenvalue weighted by molar-refractivity contribution is 9.10. The normalized spacial score (nSPS) is 10.8. The Morgan fingerprint density at radius 3 is 2.74 bits per heavy atom. The zero-order chi connectivity index (χ0) is 13.2. The molecule has 0 atom stereocenters. The van der Waals surface area contributed by atoms with Gasteiger partial charge in [0.25, 0.3) is 0 Å². The Hall–Kier alpha value is -1.81. The quantitative estimate of drug-likeness (QED) is 0.739. The average molecular weight is 320 g/mol. The van der Waals surface area contributed by atoms with Gasteiger partial charge in [-0.2, -0.15) is 0 Å². The first-order valence-electron chi connectivity index (χ1n) is 5.89. The highest BCUT2D eigenvalue weighted by Crippen LogP contribution is 2.26. The molecule has 0 aliphatic rings. The van der Waals surface area contributed by atoms with Gasteiger partial charge in [-0.25, -0.2) is 4.39 Å². The molecule has 2 nitrogen and oxygen atoms in total. The molecule has 2 aromatic carbocycles. The van der Waals surface area contributed by atoms with E-state index in [0.717, 1.165) is 16.7 Å². The molecule has 0 unspecified atom stereocenters. The van der Waals surface area contributed by atoms with Crippen LogP contribution in [0, 0.1) is 5.82 Å². The maximum absolute atomic E-state index is 13.6. The van der Waals surface area contributed by atoms with Gasteiger partial charge in [-0.1, -0.05) is 24.3 Å². The largest absolute Gasteiger partial charge is 0.459 e. The van der Waals surface area contributed by atoms with Crippen molar-refractivity contribution < 1.29 is 8.81 Å². The minimum absolute atomic E-state index is 0.287. The van der Waals surface area contributed by atoms with Crippen LogP contribution >= 0.6 is 15.9 Å². The van der Waals surface area contributed by atoms with Gasteiger partial charge in [0.2, 0.25) is 0 Å². The first-order chi connectivity index (χ1) is 9.24. The zero-order valence-corrected chi connectivity index (χ0v) is 11.6. The third-order valence-electron chi connectivity index (χ3n) is 2.88. The number of halogens is 2. The Morgan fingerprint density at radius 1 is 1.11 bits per heavy atom. The van der Waals surface area contributed by atoms with Crippen LogP contribution in [0.2, 0.25) is 0 Å². The van der Waals surface area contributed by atoms with Crippen molar-refractivity contribution in [3.8, 4) is 0 Å². The van der Waals surface area contributed by atoms with E-state index < -0.39 is 0 Å². The molecule has 3 rings (SSSR count). The standard InChI is InChI=1S/C15H11BrFNO/c16-12-5-3-6-13(17)15(12)18-9-11-8-10-4-1-2-7-14(10)19-11/h1-8,18H,9H2. The zero-order valence-electron chi connectivity index (χ0n) is 9.99. The summed E-state index contributed by atoms with van der Waals surface area (Å²) in [5.74, 6) is 0.488. The van der Waals surface area contributed by atoms with E-state index in [1.165, 1.54) is 6.07 Å². The summed E-state index contributed by atoms with van der Waals surface area (Å²) in [4.78, 5) is 0. The smallest absolute Gasteiger partial charge is 0.147 e. The second-order valence-electron chi connectivity index (χ2n) is 4.20. The summed E-state index contributed by atoms with van der Waals surface area (Å²) >= 11 is 3.32. The van der Waals surface area contributed by atoms with Crippen LogP contribution in [0.3, 0.4) is 0 Å². The topological polar surface area (TPSA) is 25.2 Å². The number of furan rings is 1. The van der Waals surface area contributed by atoms with Crippen LogP contribution in [0.4, 0.5) is 10.1 Å². The Kier molecular flexibility index (Phi) is 3.25. The van der Waals surface area contributed by atoms with Crippen LogP contribution < -0.4 is 5.32 Å². The van der Waals surface area contributed by atoms with Gasteiger partial charge in [0.05, 0.1) is 12.2 Å². The van der Waals surface area contributed by atoms with Crippen molar-refractivity contribution in [1.29, 1.82) is 0 Å². The van der Waals surface area contributed by atoms with Crippen LogP contribution in [0.1, 0.15) is 5.76 Å². The van der Waals surface area contributed by atoms with E-state index >= 15 is 0 Å². The van der Waals surface area contributed by atoms with Gasteiger partial charge in [0, 0.05) is 9.86 Å². The van der Waals surface area contributed by atoms with E-state index in [1.54, 1.807) is 12.1 Å². The SMILES string of the molecule is Fc1cccc(Br)c1NCc1cc2ccccc2o1. The maximum Gasteiger partial charge on any atom is 0.147 e.